The van der Waals surface area contributed by atoms with Crippen LogP contribution >= 0.6 is 0 Å². The minimum Gasteiger partial charge on any atom is -0.444 e. The first kappa shape index (κ1) is 16.6. The Balaban J connectivity index is 1.85. The van der Waals surface area contributed by atoms with Gasteiger partial charge in [0.05, 0.1) is 0 Å². The maximum atomic E-state index is 12.3. The van der Waals surface area contributed by atoms with Crippen LogP contribution in [0.3, 0.4) is 0 Å². The highest BCUT2D eigenvalue weighted by Crippen LogP contribution is 2.22. The van der Waals surface area contributed by atoms with Crippen LogP contribution in [0.4, 0.5) is 4.79 Å². The van der Waals surface area contributed by atoms with Gasteiger partial charge in [0, 0.05) is 31.2 Å². The van der Waals surface area contributed by atoms with Crippen molar-refractivity contribution in [2.24, 2.45) is 5.73 Å². The number of likely N-dealkylation sites (tertiary alicyclic amines) is 1. The Morgan fingerprint density at radius 2 is 2.05 bits per heavy atom. The van der Waals surface area contributed by atoms with Crippen molar-refractivity contribution in [3.8, 4) is 0 Å². The lowest BCUT2D eigenvalue weighted by atomic mass is 10.0. The minimum absolute atomic E-state index is 0.169. The molecule has 0 radical (unpaired) electrons. The van der Waals surface area contributed by atoms with E-state index in [9.17, 15) is 4.79 Å². The first-order valence-corrected chi connectivity index (χ1v) is 8.34. The molecule has 5 heteroatoms. The van der Waals surface area contributed by atoms with Crippen molar-refractivity contribution < 1.29 is 9.53 Å². The number of ether oxygens (including phenoxy) is 1. The number of nitrogens with zero attached hydrogens (tertiary/aromatic N) is 1. The molecule has 1 aliphatic heterocycles. The summed E-state index contributed by atoms with van der Waals surface area (Å²) in [5.74, 6) is 0. The average Bonchev–Trinajstić information content (AvgIpc) is 2.80. The van der Waals surface area contributed by atoms with Gasteiger partial charge >= 0.3 is 6.09 Å². The fourth-order valence-corrected chi connectivity index (χ4v) is 3.28. The molecule has 2 fully saturated rings. The lowest BCUT2D eigenvalue weighted by molar-refractivity contribution is 0.00967. The second-order valence-corrected chi connectivity index (χ2v) is 7.50. The number of nitrogens with one attached hydrogen (secondary N) is 1. The SMILES string of the molecule is CC(C)(C)OC(=O)N1CCCCC1CNC1CCC(N)C1. The van der Waals surface area contributed by atoms with E-state index >= 15 is 0 Å². The fraction of sp³-hybridized carbons (Fsp3) is 0.938. The van der Waals surface area contributed by atoms with Crippen molar-refractivity contribution in [1.29, 1.82) is 0 Å². The molecular weight excluding hydrogens is 266 g/mol. The van der Waals surface area contributed by atoms with Gasteiger partial charge in [0.1, 0.15) is 5.60 Å². The van der Waals surface area contributed by atoms with Crippen molar-refractivity contribution in [2.75, 3.05) is 13.1 Å². The summed E-state index contributed by atoms with van der Waals surface area (Å²) in [5, 5.41) is 3.60. The van der Waals surface area contributed by atoms with E-state index in [4.69, 9.17) is 10.5 Å². The summed E-state index contributed by atoms with van der Waals surface area (Å²) in [6.07, 6.45) is 6.47. The summed E-state index contributed by atoms with van der Waals surface area (Å²) < 4.78 is 5.54. The van der Waals surface area contributed by atoms with Crippen LogP contribution in [-0.4, -0.2) is 47.8 Å². The summed E-state index contributed by atoms with van der Waals surface area (Å²) in [7, 11) is 0. The van der Waals surface area contributed by atoms with E-state index < -0.39 is 5.60 Å². The number of carbonyl (C=O) groups excluding carboxylic acids is 1. The molecule has 0 aromatic heterocycles. The van der Waals surface area contributed by atoms with Gasteiger partial charge in [-0.05, 0) is 59.3 Å². The monoisotopic (exact) mass is 297 g/mol. The molecular formula is C16H31N3O2. The molecule has 0 spiro atoms. The zero-order valence-electron chi connectivity index (χ0n) is 13.7. The summed E-state index contributed by atoms with van der Waals surface area (Å²) in [6.45, 7) is 7.42. The van der Waals surface area contributed by atoms with Gasteiger partial charge in [-0.2, -0.15) is 0 Å². The van der Waals surface area contributed by atoms with Crippen molar-refractivity contribution in [3.63, 3.8) is 0 Å². The van der Waals surface area contributed by atoms with E-state index in [1.165, 1.54) is 6.42 Å². The predicted octanol–water partition coefficient (Wildman–Crippen LogP) is 2.25. The Labute approximate surface area is 128 Å². The molecule has 2 rings (SSSR count). The Morgan fingerprint density at radius 1 is 1.29 bits per heavy atom. The third-order valence-corrected chi connectivity index (χ3v) is 4.37. The molecule has 3 N–H and O–H groups in total. The molecule has 3 atom stereocenters. The van der Waals surface area contributed by atoms with Crippen LogP contribution in [0, 0.1) is 0 Å². The maximum absolute atomic E-state index is 12.3. The number of rotatable bonds is 3. The Bertz CT molecular complexity index is 354. The lowest BCUT2D eigenvalue weighted by Crippen LogP contribution is -2.51. The number of amides is 1. The topological polar surface area (TPSA) is 67.6 Å². The number of hydrogen-bond donors (Lipinski definition) is 2. The molecule has 122 valence electrons. The van der Waals surface area contributed by atoms with Crippen LogP contribution < -0.4 is 11.1 Å². The van der Waals surface area contributed by atoms with Crippen molar-refractivity contribution in [3.05, 3.63) is 0 Å². The van der Waals surface area contributed by atoms with Gasteiger partial charge in [-0.15, -0.1) is 0 Å². The standard InChI is InChI=1S/C16H31N3O2/c1-16(2,3)21-15(20)19-9-5-4-6-14(19)11-18-13-8-7-12(17)10-13/h12-14,18H,4-11,17H2,1-3H3. The van der Waals surface area contributed by atoms with Gasteiger partial charge in [0.15, 0.2) is 0 Å². The Kier molecular flexibility index (Phi) is 5.49. The van der Waals surface area contributed by atoms with Crippen LogP contribution in [0.2, 0.25) is 0 Å². The van der Waals surface area contributed by atoms with Crippen molar-refractivity contribution in [2.45, 2.75) is 83.0 Å². The first-order valence-electron chi connectivity index (χ1n) is 8.34. The second kappa shape index (κ2) is 6.97. The van der Waals surface area contributed by atoms with Gasteiger partial charge in [0.2, 0.25) is 0 Å². The molecule has 21 heavy (non-hydrogen) atoms. The maximum Gasteiger partial charge on any atom is 0.410 e. The zero-order chi connectivity index (χ0) is 15.5. The third kappa shape index (κ3) is 5.15. The van der Waals surface area contributed by atoms with Crippen LogP contribution in [0.25, 0.3) is 0 Å². The smallest absolute Gasteiger partial charge is 0.410 e. The summed E-state index contributed by atoms with van der Waals surface area (Å²) in [5.41, 5.74) is 5.53. The average molecular weight is 297 g/mol. The number of hydrogen-bond acceptors (Lipinski definition) is 4. The largest absolute Gasteiger partial charge is 0.444 e. The molecule has 3 unspecified atom stereocenters. The summed E-state index contributed by atoms with van der Waals surface area (Å²) >= 11 is 0. The van der Waals surface area contributed by atoms with Gasteiger partial charge < -0.3 is 20.7 Å². The van der Waals surface area contributed by atoms with Gasteiger partial charge in [-0.25, -0.2) is 4.79 Å². The molecule has 1 heterocycles. The fourth-order valence-electron chi connectivity index (χ4n) is 3.28. The quantitative estimate of drug-likeness (QED) is 0.838. The molecule has 1 aliphatic carbocycles. The van der Waals surface area contributed by atoms with Crippen LogP contribution in [0.5, 0.6) is 0 Å². The van der Waals surface area contributed by atoms with Crippen molar-refractivity contribution >= 4 is 6.09 Å². The van der Waals surface area contributed by atoms with Crippen LogP contribution in [0.15, 0.2) is 0 Å². The summed E-state index contributed by atoms with van der Waals surface area (Å²) in [4.78, 5) is 14.2. The molecule has 1 saturated heterocycles. The molecule has 0 aromatic carbocycles. The second-order valence-electron chi connectivity index (χ2n) is 7.50. The molecule has 2 aliphatic rings. The van der Waals surface area contributed by atoms with Crippen LogP contribution in [0.1, 0.15) is 59.3 Å². The number of nitrogens with two attached hydrogens (primary N) is 1. The number of carbonyl (C=O) groups is 1. The van der Waals surface area contributed by atoms with Gasteiger partial charge in [-0.1, -0.05) is 0 Å². The molecule has 1 saturated carbocycles. The first-order chi connectivity index (χ1) is 9.85. The van der Waals surface area contributed by atoms with E-state index in [1.54, 1.807) is 0 Å². The molecule has 5 nitrogen and oxygen atoms in total. The third-order valence-electron chi connectivity index (χ3n) is 4.37. The highest BCUT2D eigenvalue weighted by Gasteiger charge is 2.31. The highest BCUT2D eigenvalue weighted by atomic mass is 16.6. The van der Waals surface area contributed by atoms with Gasteiger partial charge in [0.25, 0.3) is 0 Å². The molecule has 0 aromatic rings. The Hall–Kier alpha value is -0.810. The van der Waals surface area contributed by atoms with Crippen molar-refractivity contribution in [1.82, 2.24) is 10.2 Å². The Morgan fingerprint density at radius 3 is 2.67 bits per heavy atom. The van der Waals surface area contributed by atoms with E-state index in [2.05, 4.69) is 5.32 Å². The van der Waals surface area contributed by atoms with Gasteiger partial charge in [-0.3, -0.25) is 0 Å². The van der Waals surface area contributed by atoms with E-state index in [-0.39, 0.29) is 12.1 Å². The van der Waals surface area contributed by atoms with Crippen LogP contribution in [-0.2, 0) is 4.74 Å². The minimum atomic E-state index is -0.426. The predicted molar refractivity (Wildman–Crippen MR) is 84.2 cm³/mol. The highest BCUT2D eigenvalue weighted by molar-refractivity contribution is 5.68. The number of piperidine rings is 1. The lowest BCUT2D eigenvalue weighted by Gasteiger charge is -2.37. The normalized spacial score (nSPS) is 30.5. The molecule has 0 bridgehead atoms. The van der Waals surface area contributed by atoms with E-state index in [0.29, 0.717) is 12.1 Å². The van der Waals surface area contributed by atoms with E-state index in [0.717, 1.165) is 45.2 Å². The van der Waals surface area contributed by atoms with E-state index in [1.807, 2.05) is 25.7 Å². The summed E-state index contributed by atoms with van der Waals surface area (Å²) in [6, 6.07) is 1.11. The zero-order valence-corrected chi connectivity index (χ0v) is 13.7. The molecule has 1 amide bonds.